The van der Waals surface area contributed by atoms with E-state index in [2.05, 4.69) is 18.0 Å². The molecule has 0 fully saturated rings. The monoisotopic (exact) mass is 426 g/mol. The molecule has 172 valence electrons. The van der Waals surface area contributed by atoms with Gasteiger partial charge in [-0.15, -0.1) is 0 Å². The van der Waals surface area contributed by atoms with Crippen molar-refractivity contribution < 1.29 is 27.2 Å². The van der Waals surface area contributed by atoms with Crippen molar-refractivity contribution in [2.24, 2.45) is 0 Å². The maximum atomic E-state index is 10.6. The molecule has 0 aromatic heterocycles. The highest BCUT2D eigenvalue weighted by molar-refractivity contribution is 7.85. The van der Waals surface area contributed by atoms with Gasteiger partial charge in [-0.3, -0.25) is 4.18 Å². The Kier molecular flexibility index (Phi) is 26.6. The van der Waals surface area contributed by atoms with Crippen LogP contribution in [0.3, 0.4) is 0 Å². The molecular formula is C21H46O6S. The van der Waals surface area contributed by atoms with Crippen molar-refractivity contribution in [3.63, 3.8) is 0 Å². The van der Waals surface area contributed by atoms with E-state index in [0.29, 0.717) is 13.2 Å². The fraction of sp³-hybridized carbons (Fsp3) is 1.00. The molecule has 0 aliphatic heterocycles. The number of rotatable bonds is 20. The average Bonchev–Trinajstić information content (AvgIpc) is 2.65. The predicted molar refractivity (Wildman–Crippen MR) is 116 cm³/mol. The fourth-order valence-electron chi connectivity index (χ4n) is 2.24. The summed E-state index contributed by atoms with van der Waals surface area (Å²) in [7, 11) is -3.26. The van der Waals surface area contributed by atoms with Gasteiger partial charge in [-0.05, 0) is 38.5 Å². The van der Waals surface area contributed by atoms with E-state index in [1.54, 1.807) is 0 Å². The summed E-state index contributed by atoms with van der Waals surface area (Å²) in [5.41, 5.74) is 0. The molecule has 0 aromatic carbocycles. The van der Waals surface area contributed by atoms with E-state index in [1.807, 2.05) is 0 Å². The first-order valence-corrected chi connectivity index (χ1v) is 12.9. The molecule has 7 heteroatoms. The van der Waals surface area contributed by atoms with Gasteiger partial charge in [-0.25, -0.2) is 0 Å². The molecule has 0 unspecified atom stereocenters. The van der Waals surface area contributed by atoms with Crippen LogP contribution in [0.5, 0.6) is 0 Å². The molecule has 0 bridgehead atoms. The molecule has 6 nitrogen and oxygen atoms in total. The van der Waals surface area contributed by atoms with E-state index in [0.717, 1.165) is 84.0 Å². The zero-order valence-electron chi connectivity index (χ0n) is 18.6. The third kappa shape index (κ3) is 33.4. The molecule has 0 saturated heterocycles. The Labute approximate surface area is 174 Å². The van der Waals surface area contributed by atoms with Gasteiger partial charge in [0.15, 0.2) is 0 Å². The van der Waals surface area contributed by atoms with Crippen LogP contribution in [0.15, 0.2) is 0 Å². The van der Waals surface area contributed by atoms with Gasteiger partial charge >= 0.3 is 0 Å². The standard InChI is InChI=1S/C11H24O4S.C10H22O2/c1-3-4-9-14-10-7-5-6-8-11-15-16(2,12)13;1-2-3-9-12-10-7-5-4-6-8-11/h3-11H2,1-2H3;11H,2-10H2,1H3. The van der Waals surface area contributed by atoms with E-state index >= 15 is 0 Å². The van der Waals surface area contributed by atoms with Crippen LogP contribution in [0.4, 0.5) is 0 Å². The summed E-state index contributed by atoms with van der Waals surface area (Å²) in [5, 5.41) is 8.51. The minimum absolute atomic E-state index is 0.301. The van der Waals surface area contributed by atoms with E-state index in [4.69, 9.17) is 14.6 Å². The van der Waals surface area contributed by atoms with Crippen LogP contribution >= 0.6 is 0 Å². The lowest BCUT2D eigenvalue weighted by atomic mass is 10.2. The maximum absolute atomic E-state index is 10.6. The Morgan fingerprint density at radius 3 is 1.39 bits per heavy atom. The minimum Gasteiger partial charge on any atom is -0.396 e. The summed E-state index contributed by atoms with van der Waals surface area (Å²) in [6.45, 7) is 8.42. The Bertz CT molecular complexity index is 363. The molecule has 0 spiro atoms. The van der Waals surface area contributed by atoms with Gasteiger partial charge in [0, 0.05) is 33.0 Å². The lowest BCUT2D eigenvalue weighted by molar-refractivity contribution is 0.126. The first kappa shape index (κ1) is 30.0. The molecule has 0 heterocycles. The van der Waals surface area contributed by atoms with Crippen LogP contribution in [0.1, 0.15) is 90.9 Å². The van der Waals surface area contributed by atoms with Gasteiger partial charge < -0.3 is 14.6 Å². The molecule has 0 aliphatic carbocycles. The zero-order chi connectivity index (χ0) is 21.3. The number of ether oxygens (including phenoxy) is 2. The quantitative estimate of drug-likeness (QED) is 0.224. The first-order valence-electron chi connectivity index (χ1n) is 11.1. The van der Waals surface area contributed by atoms with Crippen LogP contribution in [-0.2, 0) is 23.8 Å². The van der Waals surface area contributed by atoms with Crippen molar-refractivity contribution in [3.8, 4) is 0 Å². The second-order valence-corrected chi connectivity index (χ2v) is 8.65. The van der Waals surface area contributed by atoms with Crippen LogP contribution in [0, 0.1) is 0 Å². The fourth-order valence-corrected chi connectivity index (χ4v) is 2.66. The smallest absolute Gasteiger partial charge is 0.264 e. The van der Waals surface area contributed by atoms with Crippen molar-refractivity contribution >= 4 is 10.1 Å². The predicted octanol–water partition coefficient (Wildman–Crippen LogP) is 4.70. The lowest BCUT2D eigenvalue weighted by Crippen LogP contribution is -2.04. The lowest BCUT2D eigenvalue weighted by Gasteiger charge is -2.03. The van der Waals surface area contributed by atoms with Gasteiger partial charge in [0.05, 0.1) is 12.9 Å². The molecule has 0 saturated carbocycles. The van der Waals surface area contributed by atoms with E-state index < -0.39 is 10.1 Å². The van der Waals surface area contributed by atoms with E-state index in [-0.39, 0.29) is 0 Å². The Hall–Kier alpha value is -0.210. The van der Waals surface area contributed by atoms with Gasteiger partial charge in [-0.2, -0.15) is 8.42 Å². The molecule has 0 radical (unpaired) electrons. The molecule has 0 rings (SSSR count). The summed E-state index contributed by atoms with van der Waals surface area (Å²) in [6.07, 6.45) is 14.1. The van der Waals surface area contributed by atoms with Crippen molar-refractivity contribution in [2.45, 2.75) is 90.9 Å². The maximum Gasteiger partial charge on any atom is 0.264 e. The second-order valence-electron chi connectivity index (χ2n) is 7.01. The Morgan fingerprint density at radius 2 is 1.00 bits per heavy atom. The highest BCUT2D eigenvalue weighted by Crippen LogP contribution is 2.02. The van der Waals surface area contributed by atoms with E-state index in [9.17, 15) is 8.42 Å². The molecular weight excluding hydrogens is 380 g/mol. The average molecular weight is 427 g/mol. The summed E-state index contributed by atoms with van der Waals surface area (Å²) in [5.74, 6) is 0. The van der Waals surface area contributed by atoms with E-state index in [1.165, 1.54) is 25.7 Å². The number of aliphatic hydroxyl groups excluding tert-OH is 1. The van der Waals surface area contributed by atoms with Crippen molar-refractivity contribution in [1.29, 1.82) is 0 Å². The Morgan fingerprint density at radius 1 is 0.607 bits per heavy atom. The molecule has 0 atom stereocenters. The normalized spacial score (nSPS) is 11.3. The van der Waals surface area contributed by atoms with Crippen LogP contribution in [0.2, 0.25) is 0 Å². The second kappa shape index (κ2) is 24.8. The van der Waals surface area contributed by atoms with Gasteiger partial charge in [-0.1, -0.05) is 52.4 Å². The molecule has 0 aromatic rings. The number of unbranched alkanes of at least 4 members (excludes halogenated alkanes) is 8. The van der Waals surface area contributed by atoms with Crippen molar-refractivity contribution in [3.05, 3.63) is 0 Å². The summed E-state index contributed by atoms with van der Waals surface area (Å²) >= 11 is 0. The number of hydrogen-bond donors (Lipinski definition) is 1. The summed E-state index contributed by atoms with van der Waals surface area (Å²) < 4.78 is 36.7. The topological polar surface area (TPSA) is 82.1 Å². The summed E-state index contributed by atoms with van der Waals surface area (Å²) in [6, 6.07) is 0. The third-order valence-electron chi connectivity index (χ3n) is 3.96. The minimum atomic E-state index is -3.26. The third-order valence-corrected chi connectivity index (χ3v) is 4.56. The first-order chi connectivity index (χ1) is 13.5. The number of hydrogen-bond acceptors (Lipinski definition) is 6. The zero-order valence-corrected chi connectivity index (χ0v) is 19.4. The van der Waals surface area contributed by atoms with Crippen molar-refractivity contribution in [1.82, 2.24) is 0 Å². The van der Waals surface area contributed by atoms with Crippen LogP contribution in [-0.4, -0.2) is 59.4 Å². The molecule has 1 N–H and O–H groups in total. The van der Waals surface area contributed by atoms with Crippen LogP contribution in [0.25, 0.3) is 0 Å². The summed E-state index contributed by atoms with van der Waals surface area (Å²) in [4.78, 5) is 0. The molecule has 0 aliphatic rings. The van der Waals surface area contributed by atoms with Crippen LogP contribution < -0.4 is 0 Å². The highest BCUT2D eigenvalue weighted by Gasteiger charge is 2.00. The highest BCUT2D eigenvalue weighted by atomic mass is 32.2. The SMILES string of the molecule is CCCCOCCCCCCO.CCCCOCCCCCCOS(C)(=O)=O. The Balaban J connectivity index is 0. The van der Waals surface area contributed by atoms with Gasteiger partial charge in [0.1, 0.15) is 0 Å². The molecule has 0 amide bonds. The largest absolute Gasteiger partial charge is 0.396 e. The number of aliphatic hydroxyl groups is 1. The van der Waals surface area contributed by atoms with Crippen molar-refractivity contribution in [2.75, 3.05) is 45.9 Å². The van der Waals surface area contributed by atoms with Gasteiger partial charge in [0.25, 0.3) is 10.1 Å². The van der Waals surface area contributed by atoms with Gasteiger partial charge in [0.2, 0.25) is 0 Å². The molecule has 28 heavy (non-hydrogen) atoms.